The highest BCUT2D eigenvalue weighted by molar-refractivity contribution is 6.29. The summed E-state index contributed by atoms with van der Waals surface area (Å²) < 4.78 is 15.5. The molecule has 0 amide bonds. The molecule has 1 spiro atoms. The zero-order valence-corrected chi connectivity index (χ0v) is 48.5. The van der Waals surface area contributed by atoms with E-state index in [0.717, 1.165) is 161 Å². The van der Waals surface area contributed by atoms with Crippen molar-refractivity contribution in [2.45, 2.75) is 12.3 Å². The average molecular weight is 1140 g/mol. The molecule has 5 nitrogen and oxygen atoms in total. The molecular weight excluding hydrogens is 1080 g/mol. The van der Waals surface area contributed by atoms with E-state index in [0.29, 0.717) is 0 Å². The Bertz CT molecular complexity index is 5610. The number of rotatable bonds is 7. The standard InChI is InChI=1S/C84H53N3O2/c1-52-25-11-19-39-68(52)86(69-40-20-14-33-58(69)53-26-5-2-6-27-53)75-51-67-80(78-63-47-45-55-30-12-13-36-61(55)81(63)89-83(75)78)79-66-50-74(82-77(79)62-37-17-24-44-76(62)88-82)87(70-41-21-15-34-59(70)54-28-7-3-8-29-54)71-42-22-16-35-60(71)56-46-48-73-65(49-56)84(66,67)64-38-18-23-43-72(64)85(73)57-31-9-4-10-32-57/h2-51H,1H3. The summed E-state index contributed by atoms with van der Waals surface area (Å²) in [6, 6.07) is 112. The van der Waals surface area contributed by atoms with Crippen molar-refractivity contribution in [1.82, 2.24) is 0 Å². The van der Waals surface area contributed by atoms with Gasteiger partial charge in [0.15, 0.2) is 11.2 Å². The van der Waals surface area contributed by atoms with Gasteiger partial charge in [0.1, 0.15) is 11.2 Å². The first-order valence-corrected chi connectivity index (χ1v) is 30.7. The minimum absolute atomic E-state index is 0.799. The van der Waals surface area contributed by atoms with E-state index in [-0.39, 0.29) is 0 Å². The molecule has 19 rings (SSSR count). The van der Waals surface area contributed by atoms with E-state index in [4.69, 9.17) is 8.83 Å². The Morgan fingerprint density at radius 3 is 1.63 bits per heavy atom. The SMILES string of the molecule is Cc1ccccc1N(c1ccccc1-c1ccccc1)c1cc2c(c3c1oc1c4ccccc4ccc13)-c1c3cc(c4oc5ccccc5c14)N(c1ccccc1-c1ccccc1)c1ccccc1-c1ccc4c(c1)C32c1ccccc1N4c1ccccc1. The number of para-hydroxylation sites is 7. The fourth-order valence-corrected chi connectivity index (χ4v) is 15.6. The van der Waals surface area contributed by atoms with Gasteiger partial charge in [-0.25, -0.2) is 0 Å². The second kappa shape index (κ2) is 18.9. The Balaban J connectivity index is 1.07. The Kier molecular flexibility index (Phi) is 10.5. The largest absolute Gasteiger partial charge is 0.454 e. The third-order valence-electron chi connectivity index (χ3n) is 19.3. The zero-order valence-electron chi connectivity index (χ0n) is 48.5. The Morgan fingerprint density at radius 1 is 0.315 bits per heavy atom. The van der Waals surface area contributed by atoms with E-state index in [1.807, 2.05) is 0 Å². The van der Waals surface area contributed by atoms with Crippen LogP contribution in [-0.4, -0.2) is 0 Å². The van der Waals surface area contributed by atoms with Crippen molar-refractivity contribution in [1.29, 1.82) is 0 Å². The summed E-state index contributed by atoms with van der Waals surface area (Å²) >= 11 is 0. The molecule has 0 fully saturated rings. The lowest BCUT2D eigenvalue weighted by Crippen LogP contribution is -2.36. The fraction of sp³-hybridized carbons (Fsp3) is 0.0238. The molecule has 2 aromatic heterocycles. The molecule has 416 valence electrons. The molecule has 89 heavy (non-hydrogen) atoms. The molecule has 0 saturated carbocycles. The normalized spacial score (nSPS) is 14.3. The summed E-state index contributed by atoms with van der Waals surface area (Å²) in [6.07, 6.45) is 0. The van der Waals surface area contributed by atoms with Gasteiger partial charge in [-0.15, -0.1) is 0 Å². The Labute approximate surface area is 514 Å². The highest BCUT2D eigenvalue weighted by Gasteiger charge is 2.55. The molecule has 1 atom stereocenters. The van der Waals surface area contributed by atoms with Gasteiger partial charge in [0.25, 0.3) is 0 Å². The van der Waals surface area contributed by atoms with Crippen LogP contribution in [0.4, 0.5) is 51.2 Å². The van der Waals surface area contributed by atoms with Crippen LogP contribution in [-0.2, 0) is 5.41 Å². The van der Waals surface area contributed by atoms with E-state index in [2.05, 4.69) is 325 Å². The first-order valence-electron chi connectivity index (χ1n) is 30.7. The molecule has 2 aliphatic heterocycles. The smallest absolute Gasteiger partial charge is 0.160 e. The number of hydrogen-bond donors (Lipinski definition) is 0. The van der Waals surface area contributed by atoms with Gasteiger partial charge in [0, 0.05) is 55.0 Å². The number of nitrogens with zero attached hydrogens (tertiary/aromatic N) is 3. The van der Waals surface area contributed by atoms with Gasteiger partial charge in [0.2, 0.25) is 0 Å². The average Bonchev–Trinajstić information content (AvgIpc) is 1.51. The Morgan fingerprint density at radius 2 is 0.876 bits per heavy atom. The highest BCUT2D eigenvalue weighted by atomic mass is 16.3. The van der Waals surface area contributed by atoms with E-state index in [9.17, 15) is 0 Å². The van der Waals surface area contributed by atoms with Crippen molar-refractivity contribution in [3.8, 4) is 44.5 Å². The monoisotopic (exact) mass is 1140 g/mol. The molecule has 0 N–H and O–H groups in total. The quantitative estimate of drug-likeness (QED) is 0.159. The second-order valence-electron chi connectivity index (χ2n) is 23.8. The molecule has 1 aliphatic carbocycles. The van der Waals surface area contributed by atoms with Crippen LogP contribution < -0.4 is 14.7 Å². The molecule has 3 aliphatic rings. The van der Waals surface area contributed by atoms with Crippen LogP contribution in [0.2, 0.25) is 0 Å². The number of aryl methyl sites for hydroxylation is 1. The molecule has 5 heteroatoms. The first kappa shape index (κ1) is 49.6. The molecule has 4 heterocycles. The zero-order chi connectivity index (χ0) is 58.5. The molecule has 0 saturated heterocycles. The summed E-state index contributed by atoms with van der Waals surface area (Å²) in [7, 11) is 0. The van der Waals surface area contributed by atoms with E-state index >= 15 is 0 Å². The number of furan rings is 2. The number of anilines is 9. The lowest BCUT2D eigenvalue weighted by molar-refractivity contribution is 0.668. The highest BCUT2D eigenvalue weighted by Crippen LogP contribution is 2.70. The van der Waals surface area contributed by atoms with Crippen LogP contribution in [0.1, 0.15) is 27.8 Å². The Hall–Kier alpha value is -11.7. The van der Waals surface area contributed by atoms with Crippen LogP contribution in [0.3, 0.4) is 0 Å². The van der Waals surface area contributed by atoms with Crippen molar-refractivity contribution in [3.05, 3.63) is 331 Å². The van der Waals surface area contributed by atoms with E-state index < -0.39 is 5.41 Å². The minimum Gasteiger partial charge on any atom is -0.454 e. The third kappa shape index (κ3) is 6.90. The molecule has 0 radical (unpaired) electrons. The second-order valence-corrected chi connectivity index (χ2v) is 23.8. The van der Waals surface area contributed by atoms with Crippen molar-refractivity contribution < 1.29 is 8.83 Å². The summed E-state index contributed by atoms with van der Waals surface area (Å²) in [4.78, 5) is 7.50. The van der Waals surface area contributed by atoms with E-state index in [1.165, 1.54) is 16.7 Å². The summed E-state index contributed by atoms with van der Waals surface area (Å²) in [5.74, 6) is 0. The van der Waals surface area contributed by atoms with Gasteiger partial charge in [-0.3, -0.25) is 0 Å². The summed E-state index contributed by atoms with van der Waals surface area (Å²) in [5, 5.41) is 6.37. The molecule has 14 aromatic carbocycles. The van der Waals surface area contributed by atoms with Crippen LogP contribution in [0, 0.1) is 6.92 Å². The molecule has 1 unspecified atom stereocenters. The number of hydrogen-bond acceptors (Lipinski definition) is 5. The number of fused-ring (bicyclic) bond motifs is 18. The summed E-state index contributed by atoms with van der Waals surface area (Å²) in [5.41, 5.74) is 26.4. The van der Waals surface area contributed by atoms with Crippen molar-refractivity contribution in [2.75, 3.05) is 14.7 Å². The maximum atomic E-state index is 7.88. The van der Waals surface area contributed by atoms with Crippen molar-refractivity contribution in [3.63, 3.8) is 0 Å². The van der Waals surface area contributed by atoms with Crippen molar-refractivity contribution >= 4 is 106 Å². The van der Waals surface area contributed by atoms with Gasteiger partial charge in [-0.2, -0.15) is 0 Å². The topological polar surface area (TPSA) is 36.0 Å². The lowest BCUT2D eigenvalue weighted by atomic mass is 9.63. The minimum atomic E-state index is -0.990. The van der Waals surface area contributed by atoms with Gasteiger partial charge in [0.05, 0.1) is 45.2 Å². The maximum absolute atomic E-state index is 7.88. The van der Waals surface area contributed by atoms with E-state index in [1.54, 1.807) is 0 Å². The molecular formula is C84H53N3O2. The lowest BCUT2D eigenvalue weighted by Gasteiger charge is -2.46. The van der Waals surface area contributed by atoms with Gasteiger partial charge < -0.3 is 23.5 Å². The van der Waals surface area contributed by atoms with Crippen LogP contribution in [0.25, 0.3) is 99.2 Å². The van der Waals surface area contributed by atoms with Crippen LogP contribution >= 0.6 is 0 Å². The summed E-state index contributed by atoms with van der Waals surface area (Å²) in [6.45, 7) is 2.23. The first-order chi connectivity index (χ1) is 44.1. The van der Waals surface area contributed by atoms with Gasteiger partial charge >= 0.3 is 0 Å². The predicted molar refractivity (Wildman–Crippen MR) is 368 cm³/mol. The molecule has 16 aromatic rings. The van der Waals surface area contributed by atoms with Gasteiger partial charge in [-0.1, -0.05) is 224 Å². The maximum Gasteiger partial charge on any atom is 0.160 e. The fourth-order valence-electron chi connectivity index (χ4n) is 15.6. The van der Waals surface area contributed by atoms with Gasteiger partial charge in [-0.05, 0) is 147 Å². The number of benzene rings is 14. The molecule has 4 bridgehead atoms. The third-order valence-corrected chi connectivity index (χ3v) is 19.3. The van der Waals surface area contributed by atoms with Crippen LogP contribution in [0.5, 0.6) is 0 Å². The van der Waals surface area contributed by atoms with Crippen LogP contribution in [0.15, 0.2) is 312 Å². The van der Waals surface area contributed by atoms with Crippen molar-refractivity contribution in [2.24, 2.45) is 0 Å². The predicted octanol–water partition coefficient (Wildman–Crippen LogP) is 23.3.